The molecule has 67 valence electrons. The molecule has 1 heteroatoms. The molecule has 0 aliphatic heterocycles. The van der Waals surface area contributed by atoms with Gasteiger partial charge in [0.2, 0.25) is 0 Å². The minimum atomic E-state index is -0.0960. The molecule has 0 heterocycles. The van der Waals surface area contributed by atoms with Crippen LogP contribution >= 0.6 is 0 Å². The lowest BCUT2D eigenvalue weighted by atomic mass is 9.81. The molecule has 0 nitrogen and oxygen atoms in total. The molecule has 1 rings (SSSR count). The monoisotopic (exact) mass is 179 g/mol. The molecule has 0 aromatic rings. The fraction of sp³-hybridized carbons (Fsp3) is 0.636. The van der Waals surface area contributed by atoms with Crippen LogP contribution in [0.4, 0.5) is 0 Å². The molecule has 0 saturated heterocycles. The summed E-state index contributed by atoms with van der Waals surface area (Å²) >= 11 is 0. The van der Waals surface area contributed by atoms with Crippen LogP contribution in [-0.2, 0) is 0 Å². The molecule has 0 aromatic heterocycles. The van der Waals surface area contributed by atoms with Crippen molar-refractivity contribution < 1.29 is 0 Å². The van der Waals surface area contributed by atoms with E-state index in [4.69, 9.17) is 0 Å². The summed E-state index contributed by atoms with van der Waals surface area (Å²) in [6, 6.07) is 1.40. The molecule has 0 N–H and O–H groups in total. The lowest BCUT2D eigenvalue weighted by molar-refractivity contribution is 0.343. The van der Waals surface area contributed by atoms with Crippen molar-refractivity contribution in [2.45, 2.75) is 33.0 Å². The van der Waals surface area contributed by atoms with Crippen LogP contribution < -0.4 is 0 Å². The Bertz CT molecular complexity index is 187. The molecule has 0 fully saturated rings. The van der Waals surface area contributed by atoms with Gasteiger partial charge >= 0.3 is 0 Å². The van der Waals surface area contributed by atoms with E-state index in [-0.39, 0.29) is 8.80 Å². The second-order valence-electron chi connectivity index (χ2n) is 4.67. The second kappa shape index (κ2) is 3.61. The highest BCUT2D eigenvalue weighted by Crippen LogP contribution is 2.36. The van der Waals surface area contributed by atoms with E-state index in [2.05, 4.69) is 51.2 Å². The van der Waals surface area contributed by atoms with Crippen LogP contribution in [0.25, 0.3) is 0 Å². The standard InChI is InChI=1S/C11H19Si/c1-11(2,9-12(3)4)10-7-5-6-8-10/h5-8,10H,9H2,1-4H3. The van der Waals surface area contributed by atoms with Crippen LogP contribution in [-0.4, -0.2) is 8.80 Å². The Labute approximate surface area is 78.0 Å². The molecular formula is C11H19Si. The highest BCUT2D eigenvalue weighted by atomic mass is 28.3. The molecule has 0 spiro atoms. The lowest BCUT2D eigenvalue weighted by Crippen LogP contribution is -2.24. The molecule has 0 atom stereocenters. The SMILES string of the molecule is C[Si](C)CC(C)(C)C1C=CC=C1. The summed E-state index contributed by atoms with van der Waals surface area (Å²) in [6.07, 6.45) is 8.99. The van der Waals surface area contributed by atoms with Gasteiger partial charge in [0.1, 0.15) is 0 Å². The highest BCUT2D eigenvalue weighted by Gasteiger charge is 2.27. The van der Waals surface area contributed by atoms with Crippen LogP contribution in [0.3, 0.4) is 0 Å². The van der Waals surface area contributed by atoms with Crippen molar-refractivity contribution in [1.82, 2.24) is 0 Å². The molecule has 0 amide bonds. The van der Waals surface area contributed by atoms with Crippen LogP contribution in [0.5, 0.6) is 0 Å². The van der Waals surface area contributed by atoms with E-state index in [9.17, 15) is 0 Å². The van der Waals surface area contributed by atoms with Crippen molar-refractivity contribution in [1.29, 1.82) is 0 Å². The summed E-state index contributed by atoms with van der Waals surface area (Å²) in [7, 11) is -0.0960. The fourth-order valence-electron chi connectivity index (χ4n) is 1.98. The Hall–Kier alpha value is -0.303. The zero-order chi connectivity index (χ0) is 9.19. The van der Waals surface area contributed by atoms with Crippen molar-refractivity contribution in [2.24, 2.45) is 11.3 Å². The molecule has 0 saturated carbocycles. The summed E-state index contributed by atoms with van der Waals surface area (Å²) in [4.78, 5) is 0. The second-order valence-corrected chi connectivity index (χ2v) is 7.44. The van der Waals surface area contributed by atoms with Gasteiger partial charge in [-0.1, -0.05) is 57.3 Å². The first-order chi connectivity index (χ1) is 5.52. The van der Waals surface area contributed by atoms with E-state index in [1.807, 2.05) is 0 Å². The van der Waals surface area contributed by atoms with Gasteiger partial charge in [-0.05, 0) is 5.41 Å². The smallest absolute Gasteiger partial charge is 0.0418 e. The van der Waals surface area contributed by atoms with Gasteiger partial charge in [0.15, 0.2) is 0 Å². The van der Waals surface area contributed by atoms with E-state index in [0.29, 0.717) is 11.3 Å². The van der Waals surface area contributed by atoms with E-state index >= 15 is 0 Å². The predicted molar refractivity (Wildman–Crippen MR) is 57.8 cm³/mol. The summed E-state index contributed by atoms with van der Waals surface area (Å²) in [5.41, 5.74) is 0.474. The first-order valence-corrected chi connectivity index (χ1v) is 7.37. The Balaban J connectivity index is 2.58. The average molecular weight is 179 g/mol. The third kappa shape index (κ3) is 2.34. The molecule has 0 aromatic carbocycles. The minimum absolute atomic E-state index is 0.0960. The van der Waals surface area contributed by atoms with Gasteiger partial charge in [0.05, 0.1) is 0 Å². The Kier molecular flexibility index (Phi) is 2.94. The molecule has 1 aliphatic carbocycles. The summed E-state index contributed by atoms with van der Waals surface area (Å²) in [5, 5.41) is 0. The van der Waals surface area contributed by atoms with Gasteiger partial charge < -0.3 is 0 Å². The van der Waals surface area contributed by atoms with Crippen LogP contribution in [0.15, 0.2) is 24.3 Å². The van der Waals surface area contributed by atoms with Crippen molar-refractivity contribution in [3.63, 3.8) is 0 Å². The highest BCUT2D eigenvalue weighted by molar-refractivity contribution is 6.55. The molecular weight excluding hydrogens is 160 g/mol. The largest absolute Gasteiger partial charge is 0.0771 e. The van der Waals surface area contributed by atoms with Crippen molar-refractivity contribution in [3.8, 4) is 0 Å². The number of rotatable bonds is 3. The van der Waals surface area contributed by atoms with Crippen molar-refractivity contribution >= 4 is 8.80 Å². The van der Waals surface area contributed by atoms with Crippen molar-refractivity contribution in [2.75, 3.05) is 0 Å². The number of hydrogen-bond acceptors (Lipinski definition) is 0. The summed E-state index contributed by atoms with van der Waals surface area (Å²) < 4.78 is 0. The van der Waals surface area contributed by atoms with E-state index in [1.165, 1.54) is 6.04 Å². The molecule has 0 bridgehead atoms. The number of hydrogen-bond donors (Lipinski definition) is 0. The summed E-state index contributed by atoms with van der Waals surface area (Å²) in [6.45, 7) is 9.56. The van der Waals surface area contributed by atoms with Crippen LogP contribution in [0.1, 0.15) is 13.8 Å². The van der Waals surface area contributed by atoms with Gasteiger partial charge in [0.25, 0.3) is 0 Å². The number of allylic oxidation sites excluding steroid dienone is 4. The van der Waals surface area contributed by atoms with E-state index < -0.39 is 0 Å². The summed E-state index contributed by atoms with van der Waals surface area (Å²) in [5.74, 6) is 0.678. The Morgan fingerprint density at radius 3 is 2.08 bits per heavy atom. The molecule has 0 unspecified atom stereocenters. The van der Waals surface area contributed by atoms with Gasteiger partial charge in [-0.2, -0.15) is 0 Å². The Morgan fingerprint density at radius 2 is 1.67 bits per heavy atom. The third-order valence-corrected chi connectivity index (χ3v) is 4.08. The van der Waals surface area contributed by atoms with Gasteiger partial charge in [-0.3, -0.25) is 0 Å². The van der Waals surface area contributed by atoms with Gasteiger partial charge in [-0.25, -0.2) is 0 Å². The zero-order valence-corrected chi connectivity index (χ0v) is 9.59. The normalized spacial score (nSPS) is 18.1. The Morgan fingerprint density at radius 1 is 1.17 bits per heavy atom. The topological polar surface area (TPSA) is 0 Å². The van der Waals surface area contributed by atoms with Gasteiger partial charge in [-0.15, -0.1) is 0 Å². The predicted octanol–water partition coefficient (Wildman–Crippen LogP) is 3.51. The first-order valence-electron chi connectivity index (χ1n) is 4.66. The molecule has 1 radical (unpaired) electrons. The molecule has 1 aliphatic rings. The quantitative estimate of drug-likeness (QED) is 0.582. The fourth-order valence-corrected chi connectivity index (χ4v) is 4.04. The average Bonchev–Trinajstić information content (AvgIpc) is 2.32. The minimum Gasteiger partial charge on any atom is -0.0771 e. The maximum atomic E-state index is 2.40. The maximum absolute atomic E-state index is 2.40. The lowest BCUT2D eigenvalue weighted by Gasteiger charge is -2.30. The van der Waals surface area contributed by atoms with Crippen molar-refractivity contribution in [3.05, 3.63) is 24.3 Å². The zero-order valence-electron chi connectivity index (χ0n) is 8.59. The van der Waals surface area contributed by atoms with E-state index in [1.54, 1.807) is 0 Å². The first kappa shape index (κ1) is 9.78. The molecule has 12 heavy (non-hydrogen) atoms. The van der Waals surface area contributed by atoms with E-state index in [0.717, 1.165) is 0 Å². The van der Waals surface area contributed by atoms with Crippen LogP contribution in [0, 0.1) is 11.3 Å². The third-order valence-electron chi connectivity index (χ3n) is 2.46. The maximum Gasteiger partial charge on any atom is 0.0418 e. The van der Waals surface area contributed by atoms with Crippen LogP contribution in [0.2, 0.25) is 19.1 Å². The van der Waals surface area contributed by atoms with Gasteiger partial charge in [0, 0.05) is 14.7 Å².